The third-order valence-electron chi connectivity index (χ3n) is 7.47. The highest BCUT2D eigenvalue weighted by molar-refractivity contribution is 7.90. The lowest BCUT2D eigenvalue weighted by Gasteiger charge is -2.25. The average molecular weight is 538 g/mol. The second-order valence-electron chi connectivity index (χ2n) is 10.3. The lowest BCUT2D eigenvalue weighted by molar-refractivity contribution is -0.189. The van der Waals surface area contributed by atoms with Crippen molar-refractivity contribution in [3.05, 3.63) is 58.1 Å². The normalized spacial score (nSPS) is 19.5. The van der Waals surface area contributed by atoms with E-state index in [0.717, 1.165) is 81.4 Å². The summed E-state index contributed by atoms with van der Waals surface area (Å²) in [5.41, 5.74) is 4.50. The van der Waals surface area contributed by atoms with Crippen molar-refractivity contribution in [2.45, 2.75) is 74.7 Å². The van der Waals surface area contributed by atoms with Crippen LogP contribution >= 0.6 is 0 Å². The quantitative estimate of drug-likeness (QED) is 0.497. The SMILES string of the molecule is C[C@H](Oc1ccc(S(C)(=O)=O)cc1C(=O)N1Cc2cc(C3CCOCC3)c(C3CC3)cc2C1)C(F)(F)F. The van der Waals surface area contributed by atoms with E-state index in [1.807, 2.05) is 0 Å². The Morgan fingerprint density at radius 2 is 1.57 bits per heavy atom. The Balaban J connectivity index is 1.46. The number of amides is 1. The van der Waals surface area contributed by atoms with Gasteiger partial charge in [-0.2, -0.15) is 13.2 Å². The van der Waals surface area contributed by atoms with Gasteiger partial charge in [0.2, 0.25) is 0 Å². The molecule has 37 heavy (non-hydrogen) atoms. The fraction of sp³-hybridized carbons (Fsp3) is 0.519. The molecule has 2 aliphatic heterocycles. The van der Waals surface area contributed by atoms with Gasteiger partial charge in [0.05, 0.1) is 10.5 Å². The Labute approximate surface area is 214 Å². The van der Waals surface area contributed by atoms with E-state index in [-0.39, 0.29) is 16.2 Å². The molecule has 0 N–H and O–H groups in total. The van der Waals surface area contributed by atoms with Crippen LogP contribution in [0.25, 0.3) is 0 Å². The number of hydrogen-bond donors (Lipinski definition) is 0. The number of ether oxygens (including phenoxy) is 2. The summed E-state index contributed by atoms with van der Waals surface area (Å²) in [5.74, 6) is 0.0873. The second kappa shape index (κ2) is 9.62. The van der Waals surface area contributed by atoms with Crippen LogP contribution in [0.2, 0.25) is 0 Å². The van der Waals surface area contributed by atoms with Crippen LogP contribution in [0, 0.1) is 0 Å². The van der Waals surface area contributed by atoms with E-state index in [1.54, 1.807) is 4.90 Å². The fourth-order valence-corrected chi connectivity index (χ4v) is 5.83. The van der Waals surface area contributed by atoms with Crippen molar-refractivity contribution in [1.82, 2.24) is 4.90 Å². The fourth-order valence-electron chi connectivity index (χ4n) is 5.18. The van der Waals surface area contributed by atoms with Crippen molar-refractivity contribution in [3.8, 4) is 5.75 Å². The van der Waals surface area contributed by atoms with Crippen LogP contribution in [0.15, 0.2) is 35.2 Å². The molecule has 0 aromatic heterocycles. The monoisotopic (exact) mass is 537 g/mol. The van der Waals surface area contributed by atoms with E-state index in [4.69, 9.17) is 9.47 Å². The molecule has 2 fully saturated rings. The Morgan fingerprint density at radius 1 is 1.00 bits per heavy atom. The van der Waals surface area contributed by atoms with Crippen molar-refractivity contribution in [1.29, 1.82) is 0 Å². The highest BCUT2D eigenvalue weighted by atomic mass is 32.2. The maximum Gasteiger partial charge on any atom is 0.425 e. The van der Waals surface area contributed by atoms with Gasteiger partial charge in [-0.1, -0.05) is 12.1 Å². The summed E-state index contributed by atoms with van der Waals surface area (Å²) < 4.78 is 74.5. The molecule has 10 heteroatoms. The zero-order chi connectivity index (χ0) is 26.5. The molecule has 2 aromatic carbocycles. The second-order valence-corrected chi connectivity index (χ2v) is 12.3. The van der Waals surface area contributed by atoms with E-state index >= 15 is 0 Å². The van der Waals surface area contributed by atoms with Gasteiger partial charge in [-0.15, -0.1) is 0 Å². The van der Waals surface area contributed by atoms with Crippen molar-refractivity contribution in [2.24, 2.45) is 0 Å². The van der Waals surface area contributed by atoms with Crippen LogP contribution in [0.3, 0.4) is 0 Å². The lowest BCUT2D eigenvalue weighted by Crippen LogP contribution is -2.32. The predicted molar refractivity (Wildman–Crippen MR) is 130 cm³/mol. The number of carbonyl (C=O) groups excluding carboxylic acids is 1. The van der Waals surface area contributed by atoms with Gasteiger partial charge in [0.1, 0.15) is 5.75 Å². The maximum atomic E-state index is 13.6. The number of halogens is 3. The highest BCUT2D eigenvalue weighted by Gasteiger charge is 2.39. The van der Waals surface area contributed by atoms with Crippen molar-refractivity contribution in [3.63, 3.8) is 0 Å². The van der Waals surface area contributed by atoms with Crippen LogP contribution in [-0.4, -0.2) is 51.0 Å². The Kier molecular flexibility index (Phi) is 6.77. The van der Waals surface area contributed by atoms with Gasteiger partial charge >= 0.3 is 6.18 Å². The average Bonchev–Trinajstić information content (AvgIpc) is 3.61. The number of fused-ring (bicyclic) bond motifs is 1. The molecule has 0 radical (unpaired) electrons. The van der Waals surface area contributed by atoms with Crippen LogP contribution in [-0.2, 0) is 27.7 Å². The summed E-state index contributed by atoms with van der Waals surface area (Å²) in [4.78, 5) is 15.0. The molecule has 1 saturated carbocycles. The Morgan fingerprint density at radius 3 is 2.08 bits per heavy atom. The first-order chi connectivity index (χ1) is 17.4. The molecule has 1 amide bonds. The zero-order valence-electron chi connectivity index (χ0n) is 20.8. The summed E-state index contributed by atoms with van der Waals surface area (Å²) in [7, 11) is -3.69. The molecule has 0 unspecified atom stereocenters. The van der Waals surface area contributed by atoms with Gasteiger partial charge in [-0.3, -0.25) is 4.79 Å². The predicted octanol–water partition coefficient (Wildman–Crippen LogP) is 5.35. The molecule has 1 saturated heterocycles. The van der Waals surface area contributed by atoms with Crippen LogP contribution < -0.4 is 4.74 Å². The molecule has 2 heterocycles. The van der Waals surface area contributed by atoms with E-state index in [1.165, 1.54) is 11.1 Å². The molecule has 2 aromatic rings. The third-order valence-corrected chi connectivity index (χ3v) is 8.58. The summed E-state index contributed by atoms with van der Waals surface area (Å²) in [6, 6.07) is 7.79. The molecule has 6 nitrogen and oxygen atoms in total. The first-order valence-corrected chi connectivity index (χ1v) is 14.4. The van der Waals surface area contributed by atoms with Crippen molar-refractivity contribution >= 4 is 15.7 Å². The van der Waals surface area contributed by atoms with E-state index in [2.05, 4.69) is 12.1 Å². The van der Waals surface area contributed by atoms with Crippen LogP contribution in [0.1, 0.15) is 77.1 Å². The number of benzene rings is 2. The molecule has 200 valence electrons. The van der Waals surface area contributed by atoms with E-state index in [0.29, 0.717) is 24.9 Å². The van der Waals surface area contributed by atoms with Gasteiger partial charge < -0.3 is 14.4 Å². The summed E-state index contributed by atoms with van der Waals surface area (Å²) in [6.07, 6.45) is -1.61. The smallest absolute Gasteiger partial charge is 0.425 e. The Hall–Kier alpha value is -2.59. The topological polar surface area (TPSA) is 72.9 Å². The first-order valence-electron chi connectivity index (χ1n) is 12.5. The molecular weight excluding hydrogens is 507 g/mol. The number of alkyl halides is 3. The van der Waals surface area contributed by atoms with E-state index in [9.17, 15) is 26.4 Å². The number of carbonyl (C=O) groups is 1. The van der Waals surface area contributed by atoms with Gasteiger partial charge in [0.15, 0.2) is 15.9 Å². The van der Waals surface area contributed by atoms with Crippen molar-refractivity contribution in [2.75, 3.05) is 19.5 Å². The van der Waals surface area contributed by atoms with Gasteiger partial charge in [0, 0.05) is 32.6 Å². The molecular formula is C27H30F3NO5S. The maximum absolute atomic E-state index is 13.6. The largest absolute Gasteiger partial charge is 0.480 e. The minimum Gasteiger partial charge on any atom is -0.480 e. The summed E-state index contributed by atoms with van der Waals surface area (Å²) in [6.45, 7) is 2.91. The number of nitrogens with zero attached hydrogens (tertiary/aromatic N) is 1. The molecule has 1 aliphatic carbocycles. The zero-order valence-corrected chi connectivity index (χ0v) is 21.6. The summed E-state index contributed by atoms with van der Waals surface area (Å²) >= 11 is 0. The van der Waals surface area contributed by atoms with Crippen molar-refractivity contribution < 1.29 is 35.9 Å². The first kappa shape index (κ1) is 26.0. The minimum atomic E-state index is -4.64. The number of hydrogen-bond acceptors (Lipinski definition) is 5. The Bertz CT molecular complexity index is 1310. The standard InChI is InChI=1S/C27H30F3NO5S/c1-16(27(28,29)30)36-25-6-5-21(37(2,33)34)13-24(25)26(32)31-14-19-11-22(17-3-4-17)23(12-20(19)15-31)18-7-9-35-10-8-18/h5-6,11-13,16-18H,3-4,7-10,14-15H2,1-2H3/t16-/m0/s1. The lowest BCUT2D eigenvalue weighted by atomic mass is 9.84. The molecule has 5 rings (SSSR count). The van der Waals surface area contributed by atoms with Gasteiger partial charge in [-0.25, -0.2) is 8.42 Å². The molecule has 0 spiro atoms. The minimum absolute atomic E-state index is 0.155. The molecule has 1 atom stereocenters. The molecule has 0 bridgehead atoms. The van der Waals surface area contributed by atoms with Crippen LogP contribution in [0.5, 0.6) is 5.75 Å². The summed E-state index contributed by atoms with van der Waals surface area (Å²) in [5, 5.41) is 0. The van der Waals surface area contributed by atoms with E-state index < -0.39 is 28.0 Å². The van der Waals surface area contributed by atoms with Gasteiger partial charge in [0.25, 0.3) is 5.91 Å². The molecule has 3 aliphatic rings. The third kappa shape index (κ3) is 5.50. The number of rotatable bonds is 6. The highest BCUT2D eigenvalue weighted by Crippen LogP contribution is 2.47. The van der Waals surface area contributed by atoms with Crippen LogP contribution in [0.4, 0.5) is 13.2 Å². The van der Waals surface area contributed by atoms with Gasteiger partial charge in [-0.05, 0) is 84.9 Å². The number of sulfone groups is 1.